The Labute approximate surface area is 109 Å². The second kappa shape index (κ2) is 5.35. The molecule has 0 heterocycles. The smallest absolute Gasteiger partial charge is 0.326 e. The van der Waals surface area contributed by atoms with Crippen LogP contribution in [0.25, 0.3) is 0 Å². The largest absolute Gasteiger partial charge is 0.416 e. The zero-order valence-electron chi connectivity index (χ0n) is 10.3. The molecule has 0 radical (unpaired) electrons. The van der Waals surface area contributed by atoms with Crippen molar-refractivity contribution in [3.8, 4) is 0 Å². The Kier molecular flexibility index (Phi) is 4.43. The fraction of sp³-hybridized carbons (Fsp3) is 0.400. The van der Waals surface area contributed by atoms with Crippen LogP contribution in [0.3, 0.4) is 0 Å². The summed E-state index contributed by atoms with van der Waals surface area (Å²) < 4.78 is 64.2. The number of alkyl halides is 3. The summed E-state index contributed by atoms with van der Waals surface area (Å²) in [6.45, 7) is -0.282. The van der Waals surface area contributed by atoms with Gasteiger partial charge in [0.1, 0.15) is 0 Å². The van der Waals surface area contributed by atoms with Crippen molar-refractivity contribution in [3.05, 3.63) is 29.3 Å². The Morgan fingerprint density at radius 2 is 1.89 bits per heavy atom. The molecule has 108 valence electrons. The first kappa shape index (κ1) is 15.7. The molecule has 9 heteroatoms. The minimum Gasteiger partial charge on any atom is -0.326 e. The number of anilines is 1. The van der Waals surface area contributed by atoms with Gasteiger partial charge in [-0.25, -0.2) is 0 Å². The van der Waals surface area contributed by atoms with E-state index < -0.39 is 21.9 Å². The van der Waals surface area contributed by atoms with E-state index in [0.717, 1.165) is 16.4 Å². The summed E-state index contributed by atoms with van der Waals surface area (Å²) in [4.78, 5) is 0. The van der Waals surface area contributed by atoms with Crippen LogP contribution in [-0.4, -0.2) is 26.8 Å². The van der Waals surface area contributed by atoms with Crippen molar-refractivity contribution in [1.29, 1.82) is 0 Å². The van der Waals surface area contributed by atoms with Crippen molar-refractivity contribution in [3.63, 3.8) is 0 Å². The van der Waals surface area contributed by atoms with E-state index in [-0.39, 0.29) is 17.8 Å². The maximum Gasteiger partial charge on any atom is 0.416 e. The summed E-state index contributed by atoms with van der Waals surface area (Å²) >= 11 is 0. The van der Waals surface area contributed by atoms with Gasteiger partial charge in [0, 0.05) is 20.6 Å². The van der Waals surface area contributed by atoms with Crippen molar-refractivity contribution in [2.24, 2.45) is 5.73 Å². The van der Waals surface area contributed by atoms with Crippen LogP contribution in [0, 0.1) is 0 Å². The SMILES string of the molecule is CN(C)S(=O)(=O)Nc1ccc(CN)c(C(F)(F)F)c1. The summed E-state index contributed by atoms with van der Waals surface area (Å²) in [6, 6.07) is 3.11. The van der Waals surface area contributed by atoms with Gasteiger partial charge in [0.2, 0.25) is 0 Å². The molecule has 0 saturated heterocycles. The molecule has 0 aliphatic carbocycles. The summed E-state index contributed by atoms with van der Waals surface area (Å²) in [5.74, 6) is 0. The van der Waals surface area contributed by atoms with Gasteiger partial charge < -0.3 is 5.73 Å². The van der Waals surface area contributed by atoms with Crippen molar-refractivity contribution < 1.29 is 21.6 Å². The Hall–Kier alpha value is -1.32. The normalized spacial score (nSPS) is 12.8. The molecule has 1 aromatic carbocycles. The molecule has 0 aliphatic rings. The summed E-state index contributed by atoms with van der Waals surface area (Å²) in [5.41, 5.74) is 4.01. The number of halogens is 3. The highest BCUT2D eigenvalue weighted by atomic mass is 32.2. The Morgan fingerprint density at radius 1 is 1.32 bits per heavy atom. The van der Waals surface area contributed by atoms with Crippen LogP contribution in [0.5, 0.6) is 0 Å². The molecule has 1 rings (SSSR count). The van der Waals surface area contributed by atoms with E-state index in [0.29, 0.717) is 0 Å². The maximum absolute atomic E-state index is 12.8. The molecular formula is C10H14F3N3O2S. The quantitative estimate of drug-likeness (QED) is 0.881. The van der Waals surface area contributed by atoms with Gasteiger partial charge in [0.25, 0.3) is 0 Å². The third kappa shape index (κ3) is 3.82. The van der Waals surface area contributed by atoms with Crippen molar-refractivity contribution in [2.75, 3.05) is 18.8 Å². The van der Waals surface area contributed by atoms with E-state index in [9.17, 15) is 21.6 Å². The lowest BCUT2D eigenvalue weighted by atomic mass is 10.1. The second-order valence-electron chi connectivity index (χ2n) is 3.96. The average molecular weight is 297 g/mol. The van der Waals surface area contributed by atoms with Crippen LogP contribution in [0.15, 0.2) is 18.2 Å². The van der Waals surface area contributed by atoms with Gasteiger partial charge >= 0.3 is 16.4 Å². The highest BCUT2D eigenvalue weighted by Gasteiger charge is 2.33. The monoisotopic (exact) mass is 297 g/mol. The molecule has 0 spiro atoms. The average Bonchev–Trinajstić information content (AvgIpc) is 2.27. The predicted molar refractivity (Wildman–Crippen MR) is 65.6 cm³/mol. The molecule has 19 heavy (non-hydrogen) atoms. The summed E-state index contributed by atoms with van der Waals surface area (Å²) in [5, 5.41) is 0. The lowest BCUT2D eigenvalue weighted by Gasteiger charge is -2.16. The molecule has 0 atom stereocenters. The highest BCUT2D eigenvalue weighted by molar-refractivity contribution is 7.90. The Morgan fingerprint density at radius 3 is 2.32 bits per heavy atom. The number of nitrogens with two attached hydrogens (primary N) is 1. The molecule has 1 aromatic rings. The molecule has 0 bridgehead atoms. The third-order valence-corrected chi connectivity index (χ3v) is 3.82. The number of nitrogens with one attached hydrogen (secondary N) is 1. The van der Waals surface area contributed by atoms with Gasteiger partial charge in [0.15, 0.2) is 0 Å². The molecule has 0 unspecified atom stereocenters. The van der Waals surface area contributed by atoms with Crippen LogP contribution in [0.4, 0.5) is 18.9 Å². The van der Waals surface area contributed by atoms with Crippen molar-refractivity contribution >= 4 is 15.9 Å². The van der Waals surface area contributed by atoms with Crippen LogP contribution >= 0.6 is 0 Å². The van der Waals surface area contributed by atoms with Gasteiger partial charge in [-0.1, -0.05) is 6.07 Å². The number of benzene rings is 1. The molecule has 0 fully saturated rings. The summed E-state index contributed by atoms with van der Waals surface area (Å²) in [7, 11) is -1.32. The first-order valence-corrected chi connectivity index (χ1v) is 6.62. The zero-order chi connectivity index (χ0) is 14.8. The number of nitrogens with zero attached hydrogens (tertiary/aromatic N) is 1. The number of hydrogen-bond acceptors (Lipinski definition) is 3. The fourth-order valence-corrected chi connectivity index (χ4v) is 1.93. The Balaban J connectivity index is 3.20. The van der Waals surface area contributed by atoms with E-state index in [2.05, 4.69) is 0 Å². The topological polar surface area (TPSA) is 75.4 Å². The van der Waals surface area contributed by atoms with Gasteiger partial charge in [-0.2, -0.15) is 25.9 Å². The van der Waals surface area contributed by atoms with Gasteiger partial charge in [0.05, 0.1) is 11.3 Å². The summed E-state index contributed by atoms with van der Waals surface area (Å²) in [6.07, 6.45) is -4.59. The van der Waals surface area contributed by atoms with Gasteiger partial charge in [-0.05, 0) is 17.7 Å². The predicted octanol–water partition coefficient (Wildman–Crippen LogP) is 1.38. The number of rotatable bonds is 4. The van der Waals surface area contributed by atoms with Crippen molar-refractivity contribution in [1.82, 2.24) is 4.31 Å². The van der Waals surface area contributed by atoms with E-state index in [1.54, 1.807) is 0 Å². The highest BCUT2D eigenvalue weighted by Crippen LogP contribution is 2.33. The van der Waals surface area contributed by atoms with E-state index in [1.165, 1.54) is 20.2 Å². The van der Waals surface area contributed by atoms with E-state index in [1.807, 2.05) is 4.72 Å². The maximum atomic E-state index is 12.8. The lowest BCUT2D eigenvalue weighted by molar-refractivity contribution is -0.138. The Bertz CT molecular complexity index is 556. The van der Waals surface area contributed by atoms with Crippen molar-refractivity contribution in [2.45, 2.75) is 12.7 Å². The van der Waals surface area contributed by atoms with Crippen LogP contribution in [-0.2, 0) is 22.9 Å². The zero-order valence-corrected chi connectivity index (χ0v) is 11.1. The minimum absolute atomic E-state index is 0.0969. The minimum atomic E-state index is -4.59. The van der Waals surface area contributed by atoms with Crippen LogP contribution in [0.1, 0.15) is 11.1 Å². The van der Waals surface area contributed by atoms with E-state index >= 15 is 0 Å². The first-order chi connectivity index (χ1) is 8.58. The standard InChI is InChI=1S/C10H14F3N3O2S/c1-16(2)19(17,18)15-8-4-3-7(6-14)9(5-8)10(11,12)13/h3-5,15H,6,14H2,1-2H3. The second-order valence-corrected chi connectivity index (χ2v) is 5.85. The molecule has 0 aromatic heterocycles. The third-order valence-electron chi connectivity index (χ3n) is 2.36. The van der Waals surface area contributed by atoms with Crippen LogP contribution < -0.4 is 10.5 Å². The molecular weight excluding hydrogens is 283 g/mol. The molecule has 0 saturated carbocycles. The van der Waals surface area contributed by atoms with Gasteiger partial charge in [-0.15, -0.1) is 0 Å². The molecule has 0 amide bonds. The van der Waals surface area contributed by atoms with E-state index in [4.69, 9.17) is 5.73 Å². The van der Waals surface area contributed by atoms with Crippen LogP contribution in [0.2, 0.25) is 0 Å². The van der Waals surface area contributed by atoms with Gasteiger partial charge in [-0.3, -0.25) is 4.72 Å². The molecule has 0 aliphatic heterocycles. The fourth-order valence-electron chi connectivity index (χ4n) is 1.32. The number of hydrogen-bond donors (Lipinski definition) is 2. The molecule has 3 N–H and O–H groups in total. The lowest BCUT2D eigenvalue weighted by Crippen LogP contribution is -2.29. The molecule has 5 nitrogen and oxygen atoms in total. The first-order valence-electron chi connectivity index (χ1n) is 5.18.